The molecule has 196 valence electrons. The van der Waals surface area contributed by atoms with Crippen molar-refractivity contribution in [3.8, 4) is 0 Å². The van der Waals surface area contributed by atoms with E-state index in [4.69, 9.17) is 4.74 Å². The lowest BCUT2D eigenvalue weighted by Gasteiger charge is -2.29. The number of cyclic esters (lactones) is 1. The van der Waals surface area contributed by atoms with Crippen molar-refractivity contribution in [3.63, 3.8) is 0 Å². The first-order valence-electron chi connectivity index (χ1n) is 12.8. The van der Waals surface area contributed by atoms with Crippen LogP contribution in [0.1, 0.15) is 83.8 Å². The number of aliphatic hydroxyl groups is 2. The number of rotatable bonds is 2. The molecule has 0 saturated carbocycles. The molecule has 1 aliphatic heterocycles. The lowest BCUT2D eigenvalue weighted by Crippen LogP contribution is -2.39. The zero-order valence-electron chi connectivity index (χ0n) is 22.1. The number of thiazole rings is 1. The van der Waals surface area contributed by atoms with Crippen LogP contribution in [0.15, 0.2) is 23.1 Å². The van der Waals surface area contributed by atoms with E-state index in [1.165, 1.54) is 0 Å². The normalized spacial score (nSPS) is 34.1. The summed E-state index contributed by atoms with van der Waals surface area (Å²) in [5, 5.41) is 24.4. The lowest BCUT2D eigenvalue weighted by molar-refractivity contribution is -0.151. The maximum Gasteiger partial charge on any atom is 0.309 e. The summed E-state index contributed by atoms with van der Waals surface area (Å²) in [5.41, 5.74) is 1.71. The molecule has 2 N–H and O–H groups in total. The molecule has 2 rings (SSSR count). The van der Waals surface area contributed by atoms with Gasteiger partial charge in [-0.2, -0.15) is 0 Å². The summed E-state index contributed by atoms with van der Waals surface area (Å²) in [6.07, 6.45) is 7.80. The van der Waals surface area contributed by atoms with E-state index in [9.17, 15) is 19.8 Å². The Morgan fingerprint density at radius 3 is 2.51 bits per heavy atom. The van der Waals surface area contributed by atoms with Gasteiger partial charge in [-0.25, -0.2) is 4.98 Å². The second-order valence-electron chi connectivity index (χ2n) is 10.4. The fourth-order valence-corrected chi connectivity index (χ4v) is 5.30. The molecule has 0 spiro atoms. The quantitative estimate of drug-likeness (QED) is 0.406. The van der Waals surface area contributed by atoms with Crippen molar-refractivity contribution in [2.24, 2.45) is 23.7 Å². The molecule has 35 heavy (non-hydrogen) atoms. The minimum atomic E-state index is -1.17. The van der Waals surface area contributed by atoms with Gasteiger partial charge in [0, 0.05) is 23.6 Å². The molecule has 1 aromatic heterocycles. The lowest BCUT2D eigenvalue weighted by atomic mass is 9.80. The van der Waals surface area contributed by atoms with Crippen LogP contribution in [0.25, 0.3) is 6.08 Å². The van der Waals surface area contributed by atoms with Gasteiger partial charge in [0.2, 0.25) is 0 Å². The topological polar surface area (TPSA) is 96.7 Å². The average molecular weight is 506 g/mol. The van der Waals surface area contributed by atoms with Crippen LogP contribution >= 0.6 is 11.3 Å². The highest BCUT2D eigenvalue weighted by atomic mass is 32.1. The summed E-state index contributed by atoms with van der Waals surface area (Å²) in [7, 11) is 0. The van der Waals surface area contributed by atoms with Gasteiger partial charge in [-0.15, -0.1) is 11.3 Å². The number of carbonyl (C=O) groups excluding carboxylic acids is 2. The zero-order chi connectivity index (χ0) is 26.1. The molecule has 0 fully saturated rings. The standard InChI is InChI=1S/C28H43NO5S/c1-17-11-9-7-8-10-12-25(18(2)14-23-16-35-22(6)29-23)34-26(31)15-24(30)20(4)28(33)21(5)27(32)19(3)13-17/h8,10,14,16-17,19-21,24-25,27,30,32H,7,9,11-13,15H2,1-6H3/b10-8-,18-14+/t17?,19-,20?,21+,24-,25-,27-/m0/s1. The molecule has 0 bridgehead atoms. The van der Waals surface area contributed by atoms with E-state index in [1.807, 2.05) is 38.3 Å². The maximum atomic E-state index is 13.0. The molecule has 6 nitrogen and oxygen atoms in total. The number of nitrogens with zero attached hydrogens (tertiary/aromatic N) is 1. The Balaban J connectivity index is 2.22. The van der Waals surface area contributed by atoms with Crippen LogP contribution < -0.4 is 0 Å². The van der Waals surface area contributed by atoms with Gasteiger partial charge in [-0.1, -0.05) is 46.3 Å². The number of Topliss-reactive ketones (excluding diaryl/α,β-unsaturated/α-hetero) is 1. The van der Waals surface area contributed by atoms with Crippen LogP contribution in [-0.2, 0) is 14.3 Å². The van der Waals surface area contributed by atoms with E-state index in [1.54, 1.807) is 25.2 Å². The monoisotopic (exact) mass is 505 g/mol. The highest BCUT2D eigenvalue weighted by Gasteiger charge is 2.34. The molecule has 7 heteroatoms. The second kappa shape index (κ2) is 14.0. The van der Waals surface area contributed by atoms with Crippen LogP contribution in [0, 0.1) is 30.6 Å². The number of carbonyl (C=O) groups is 2. The molecule has 2 heterocycles. The summed E-state index contributed by atoms with van der Waals surface area (Å²) >= 11 is 1.56. The van der Waals surface area contributed by atoms with Crippen LogP contribution in [0.3, 0.4) is 0 Å². The van der Waals surface area contributed by atoms with Crippen molar-refractivity contribution in [1.82, 2.24) is 4.98 Å². The third-order valence-corrected chi connectivity index (χ3v) is 7.89. The summed E-state index contributed by atoms with van der Waals surface area (Å²) < 4.78 is 5.77. The smallest absolute Gasteiger partial charge is 0.309 e. The molecule has 1 aliphatic rings. The number of allylic oxidation sites excluding steroid dienone is 1. The average Bonchev–Trinajstić information content (AvgIpc) is 3.21. The summed E-state index contributed by atoms with van der Waals surface area (Å²) in [6.45, 7) is 11.4. The molecule has 0 amide bonds. The van der Waals surface area contributed by atoms with Crippen molar-refractivity contribution in [1.29, 1.82) is 0 Å². The van der Waals surface area contributed by atoms with Crippen molar-refractivity contribution >= 4 is 29.2 Å². The van der Waals surface area contributed by atoms with Gasteiger partial charge in [-0.3, -0.25) is 9.59 Å². The first-order chi connectivity index (χ1) is 16.5. The summed E-state index contributed by atoms with van der Waals surface area (Å²) in [6, 6.07) is 0. The molecule has 1 aromatic rings. The van der Waals surface area contributed by atoms with Crippen molar-refractivity contribution < 1.29 is 24.5 Å². The number of hydrogen-bond acceptors (Lipinski definition) is 7. The van der Waals surface area contributed by atoms with Crippen LogP contribution in [0.2, 0.25) is 0 Å². The van der Waals surface area contributed by atoms with Crippen molar-refractivity contribution in [3.05, 3.63) is 33.8 Å². The Bertz CT molecular complexity index is 892. The number of aliphatic hydroxyl groups excluding tert-OH is 2. The van der Waals surface area contributed by atoms with E-state index < -0.39 is 36.1 Å². The number of hydrogen-bond donors (Lipinski definition) is 2. The van der Waals surface area contributed by atoms with Gasteiger partial charge in [0.15, 0.2) is 0 Å². The fourth-order valence-electron chi connectivity index (χ4n) is 4.73. The Hall–Kier alpha value is -1.83. The molecule has 2 unspecified atom stereocenters. The summed E-state index contributed by atoms with van der Waals surface area (Å²) in [4.78, 5) is 30.2. The Morgan fingerprint density at radius 1 is 1.14 bits per heavy atom. The third kappa shape index (κ3) is 9.28. The van der Waals surface area contributed by atoms with Crippen LogP contribution in [0.5, 0.6) is 0 Å². The van der Waals surface area contributed by atoms with Crippen molar-refractivity contribution in [2.75, 3.05) is 0 Å². The summed E-state index contributed by atoms with van der Waals surface area (Å²) in [5.74, 6) is -1.74. The Kier molecular flexibility index (Phi) is 11.8. The molecule has 0 aromatic carbocycles. The maximum absolute atomic E-state index is 13.0. The van der Waals surface area contributed by atoms with Crippen molar-refractivity contribution in [2.45, 2.75) is 98.4 Å². The minimum Gasteiger partial charge on any atom is -0.457 e. The van der Waals surface area contributed by atoms with Gasteiger partial charge < -0.3 is 14.9 Å². The van der Waals surface area contributed by atoms with E-state index in [0.717, 1.165) is 42.0 Å². The van der Waals surface area contributed by atoms with Gasteiger partial charge in [0.1, 0.15) is 11.9 Å². The predicted molar refractivity (Wildman–Crippen MR) is 141 cm³/mol. The Labute approximate surface area is 214 Å². The molecule has 7 atom stereocenters. The molecule has 0 saturated heterocycles. The third-order valence-electron chi connectivity index (χ3n) is 7.10. The number of ketones is 1. The number of aryl methyl sites for hydroxylation is 1. The molecular formula is C28H43NO5S. The minimum absolute atomic E-state index is 0.0234. The van der Waals surface area contributed by atoms with E-state index in [-0.39, 0.29) is 18.1 Å². The number of esters is 1. The number of ether oxygens (including phenoxy) is 1. The molecule has 0 aliphatic carbocycles. The second-order valence-corrected chi connectivity index (χ2v) is 11.4. The van der Waals surface area contributed by atoms with Gasteiger partial charge in [-0.05, 0) is 56.6 Å². The van der Waals surface area contributed by atoms with Gasteiger partial charge in [0.05, 0.1) is 29.3 Å². The highest BCUT2D eigenvalue weighted by Crippen LogP contribution is 2.27. The highest BCUT2D eigenvalue weighted by molar-refractivity contribution is 7.09. The van der Waals surface area contributed by atoms with Crippen LogP contribution in [0.4, 0.5) is 0 Å². The van der Waals surface area contributed by atoms with E-state index >= 15 is 0 Å². The van der Waals surface area contributed by atoms with Gasteiger partial charge in [0.25, 0.3) is 0 Å². The number of aromatic nitrogens is 1. The SMILES string of the molecule is C/C(=C\c1csc(C)n1)[C@@H]1C/C=C\CCCC(C)C[C@H](C)[C@H](O)[C@@H](C)C(=O)C(C)[C@@H](O)CC(=O)O1. The molecular weight excluding hydrogens is 462 g/mol. The van der Waals surface area contributed by atoms with Crippen LogP contribution in [-0.4, -0.2) is 45.3 Å². The first-order valence-corrected chi connectivity index (χ1v) is 13.7. The van der Waals surface area contributed by atoms with E-state index in [2.05, 4.69) is 18.0 Å². The Morgan fingerprint density at radius 2 is 1.86 bits per heavy atom. The fraction of sp³-hybridized carbons (Fsp3) is 0.679. The van der Waals surface area contributed by atoms with Gasteiger partial charge >= 0.3 is 5.97 Å². The largest absolute Gasteiger partial charge is 0.457 e. The van der Waals surface area contributed by atoms with E-state index in [0.29, 0.717) is 12.3 Å². The molecule has 0 radical (unpaired) electrons. The predicted octanol–water partition coefficient (Wildman–Crippen LogP) is 5.51. The zero-order valence-corrected chi connectivity index (χ0v) is 22.9. The first kappa shape index (κ1) is 29.4.